The molecule has 0 aliphatic rings. The summed E-state index contributed by atoms with van der Waals surface area (Å²) >= 11 is 0. The summed E-state index contributed by atoms with van der Waals surface area (Å²) in [5, 5.41) is 8.38. The average Bonchev–Trinajstić information content (AvgIpc) is 2.98. The zero-order valence-corrected chi connectivity index (χ0v) is 16.3. The predicted octanol–water partition coefficient (Wildman–Crippen LogP) is 4.43. The number of benzene rings is 1. The first-order valence-corrected chi connectivity index (χ1v) is 9.00. The van der Waals surface area contributed by atoms with Gasteiger partial charge in [0.15, 0.2) is 5.65 Å². The number of hydrogen-bond donors (Lipinski definition) is 1. The summed E-state index contributed by atoms with van der Waals surface area (Å²) in [6, 6.07) is 8.34. The Balaban J connectivity index is 1.90. The third kappa shape index (κ3) is 3.34. The Morgan fingerprint density at radius 2 is 1.85 bits per heavy atom. The standard InChI is InChI=1S/C21H26N4O/c1-12(2)25-20-17(11-22-25)10-19(16(6)23-20)21(26)24-15(5)18-9-13(3)7-8-14(18)4/h7-12,15H,1-6H3,(H,24,26). The van der Waals surface area contributed by atoms with Crippen LogP contribution in [0.15, 0.2) is 30.5 Å². The Bertz CT molecular complexity index is 972. The zero-order valence-electron chi connectivity index (χ0n) is 16.3. The smallest absolute Gasteiger partial charge is 0.253 e. The van der Waals surface area contributed by atoms with Crippen LogP contribution in [0.3, 0.4) is 0 Å². The third-order valence-corrected chi connectivity index (χ3v) is 4.74. The van der Waals surface area contributed by atoms with Crippen LogP contribution in [0, 0.1) is 20.8 Å². The molecule has 2 aromatic heterocycles. The number of hydrogen-bond acceptors (Lipinski definition) is 3. The number of carbonyl (C=O) groups is 1. The minimum atomic E-state index is -0.109. The SMILES string of the molecule is Cc1ccc(C)c(C(C)NC(=O)c2cc3cnn(C(C)C)c3nc2C)c1. The molecule has 0 saturated heterocycles. The maximum Gasteiger partial charge on any atom is 0.253 e. The summed E-state index contributed by atoms with van der Waals surface area (Å²) in [4.78, 5) is 17.5. The Kier molecular flexibility index (Phi) is 4.81. The van der Waals surface area contributed by atoms with Crippen molar-refractivity contribution in [1.29, 1.82) is 0 Å². The Hall–Kier alpha value is -2.69. The number of aryl methyl sites for hydroxylation is 3. The first kappa shape index (κ1) is 18.1. The molecule has 1 atom stereocenters. The minimum absolute atomic E-state index is 0.0733. The number of fused-ring (bicyclic) bond motifs is 1. The maximum atomic E-state index is 12.9. The number of nitrogens with zero attached hydrogens (tertiary/aromatic N) is 3. The van der Waals surface area contributed by atoms with Crippen molar-refractivity contribution in [3.8, 4) is 0 Å². The molecule has 1 unspecified atom stereocenters. The van der Waals surface area contributed by atoms with E-state index >= 15 is 0 Å². The minimum Gasteiger partial charge on any atom is -0.345 e. The fourth-order valence-electron chi connectivity index (χ4n) is 3.25. The predicted molar refractivity (Wildman–Crippen MR) is 104 cm³/mol. The maximum absolute atomic E-state index is 12.9. The van der Waals surface area contributed by atoms with Gasteiger partial charge in [-0.05, 0) is 58.7 Å². The van der Waals surface area contributed by atoms with Gasteiger partial charge in [-0.15, -0.1) is 0 Å². The molecule has 26 heavy (non-hydrogen) atoms. The molecular weight excluding hydrogens is 324 g/mol. The lowest BCUT2D eigenvalue weighted by molar-refractivity contribution is 0.0939. The van der Waals surface area contributed by atoms with E-state index in [2.05, 4.69) is 61.3 Å². The second-order valence-corrected chi connectivity index (χ2v) is 7.27. The molecule has 5 heteroatoms. The molecule has 0 aliphatic carbocycles. The molecule has 1 aromatic carbocycles. The van der Waals surface area contributed by atoms with E-state index in [-0.39, 0.29) is 18.0 Å². The number of pyridine rings is 1. The fraction of sp³-hybridized carbons (Fsp3) is 0.381. The molecule has 1 amide bonds. The molecule has 2 heterocycles. The summed E-state index contributed by atoms with van der Waals surface area (Å²) in [5.41, 5.74) is 5.62. The van der Waals surface area contributed by atoms with Crippen molar-refractivity contribution in [1.82, 2.24) is 20.1 Å². The van der Waals surface area contributed by atoms with E-state index < -0.39 is 0 Å². The van der Waals surface area contributed by atoms with Crippen molar-refractivity contribution < 1.29 is 4.79 Å². The Morgan fingerprint density at radius 3 is 2.54 bits per heavy atom. The lowest BCUT2D eigenvalue weighted by Crippen LogP contribution is -2.28. The van der Waals surface area contributed by atoms with Crippen molar-refractivity contribution in [3.05, 3.63) is 58.4 Å². The lowest BCUT2D eigenvalue weighted by Gasteiger charge is -2.18. The molecular formula is C21H26N4O. The second-order valence-electron chi connectivity index (χ2n) is 7.27. The van der Waals surface area contributed by atoms with E-state index in [9.17, 15) is 4.79 Å². The molecule has 0 saturated carbocycles. The number of carbonyl (C=O) groups excluding carboxylic acids is 1. The van der Waals surface area contributed by atoms with Crippen LogP contribution in [0.1, 0.15) is 65.6 Å². The van der Waals surface area contributed by atoms with Crippen LogP contribution >= 0.6 is 0 Å². The molecule has 0 fully saturated rings. The van der Waals surface area contributed by atoms with Gasteiger partial charge in [-0.2, -0.15) is 5.10 Å². The van der Waals surface area contributed by atoms with Crippen molar-refractivity contribution in [3.63, 3.8) is 0 Å². The molecule has 0 spiro atoms. The number of rotatable bonds is 4. The Morgan fingerprint density at radius 1 is 1.12 bits per heavy atom. The van der Waals surface area contributed by atoms with E-state index in [1.807, 2.05) is 24.6 Å². The second kappa shape index (κ2) is 6.90. The summed E-state index contributed by atoms with van der Waals surface area (Å²) in [6.45, 7) is 12.1. The van der Waals surface area contributed by atoms with Gasteiger partial charge < -0.3 is 5.32 Å². The molecule has 0 bridgehead atoms. The molecule has 136 valence electrons. The van der Waals surface area contributed by atoms with Crippen molar-refractivity contribution in [2.45, 2.75) is 53.6 Å². The molecule has 1 N–H and O–H groups in total. The normalized spacial score (nSPS) is 12.6. The zero-order chi connectivity index (χ0) is 19.0. The van der Waals surface area contributed by atoms with Gasteiger partial charge in [-0.1, -0.05) is 23.8 Å². The van der Waals surface area contributed by atoms with Crippen LogP contribution in [0.4, 0.5) is 0 Å². The first-order chi connectivity index (χ1) is 12.3. The highest BCUT2D eigenvalue weighted by atomic mass is 16.1. The average molecular weight is 350 g/mol. The third-order valence-electron chi connectivity index (χ3n) is 4.74. The number of amides is 1. The molecule has 0 aliphatic heterocycles. The van der Waals surface area contributed by atoms with E-state index in [1.54, 1.807) is 6.20 Å². The van der Waals surface area contributed by atoms with Gasteiger partial charge >= 0.3 is 0 Å². The quantitative estimate of drug-likeness (QED) is 0.757. The van der Waals surface area contributed by atoms with Crippen molar-refractivity contribution >= 4 is 16.9 Å². The van der Waals surface area contributed by atoms with Crippen molar-refractivity contribution in [2.75, 3.05) is 0 Å². The van der Waals surface area contributed by atoms with Gasteiger partial charge in [0.25, 0.3) is 5.91 Å². The monoisotopic (exact) mass is 350 g/mol. The van der Waals surface area contributed by atoms with Gasteiger partial charge in [0, 0.05) is 11.4 Å². The van der Waals surface area contributed by atoms with Crippen LogP contribution in [0.5, 0.6) is 0 Å². The first-order valence-electron chi connectivity index (χ1n) is 9.00. The van der Waals surface area contributed by atoms with Crippen molar-refractivity contribution in [2.24, 2.45) is 0 Å². The molecule has 3 rings (SSSR count). The van der Waals surface area contributed by atoms with Crippen LogP contribution < -0.4 is 5.32 Å². The fourth-order valence-corrected chi connectivity index (χ4v) is 3.25. The number of aromatic nitrogens is 3. The summed E-state index contributed by atoms with van der Waals surface area (Å²) in [7, 11) is 0. The summed E-state index contributed by atoms with van der Waals surface area (Å²) in [6.07, 6.45) is 1.77. The van der Waals surface area contributed by atoms with Gasteiger partial charge in [0.2, 0.25) is 0 Å². The number of nitrogens with one attached hydrogen (secondary N) is 1. The van der Waals surface area contributed by atoms with E-state index in [0.717, 1.165) is 16.6 Å². The topological polar surface area (TPSA) is 59.8 Å². The largest absolute Gasteiger partial charge is 0.345 e. The molecule has 5 nitrogen and oxygen atoms in total. The van der Waals surface area contributed by atoms with Crippen LogP contribution in [-0.4, -0.2) is 20.7 Å². The van der Waals surface area contributed by atoms with E-state index in [0.29, 0.717) is 11.3 Å². The van der Waals surface area contributed by atoms with Crippen LogP contribution in [-0.2, 0) is 0 Å². The van der Waals surface area contributed by atoms with E-state index in [4.69, 9.17) is 0 Å². The highest BCUT2D eigenvalue weighted by molar-refractivity contribution is 5.98. The summed E-state index contributed by atoms with van der Waals surface area (Å²) in [5.74, 6) is -0.109. The van der Waals surface area contributed by atoms with Gasteiger partial charge in [0.05, 0.1) is 23.5 Å². The molecule has 3 aromatic rings. The van der Waals surface area contributed by atoms with Crippen LogP contribution in [0.2, 0.25) is 0 Å². The molecule has 0 radical (unpaired) electrons. The summed E-state index contributed by atoms with van der Waals surface area (Å²) < 4.78 is 1.88. The highest BCUT2D eigenvalue weighted by Gasteiger charge is 2.18. The van der Waals surface area contributed by atoms with E-state index in [1.165, 1.54) is 11.1 Å². The highest BCUT2D eigenvalue weighted by Crippen LogP contribution is 2.22. The van der Waals surface area contributed by atoms with Gasteiger partial charge in [0.1, 0.15) is 0 Å². The Labute approximate surface area is 154 Å². The van der Waals surface area contributed by atoms with Gasteiger partial charge in [-0.3, -0.25) is 4.79 Å². The van der Waals surface area contributed by atoms with Gasteiger partial charge in [-0.25, -0.2) is 9.67 Å². The van der Waals surface area contributed by atoms with Crippen LogP contribution in [0.25, 0.3) is 11.0 Å². The lowest BCUT2D eigenvalue weighted by atomic mass is 9.99.